The van der Waals surface area contributed by atoms with E-state index in [1.165, 1.54) is 4.68 Å². The summed E-state index contributed by atoms with van der Waals surface area (Å²) in [5.41, 5.74) is 1.52. The lowest BCUT2D eigenvalue weighted by Gasteiger charge is -2.12. The lowest BCUT2D eigenvalue weighted by molar-refractivity contribution is 0.105. The molecule has 0 atom stereocenters. The van der Waals surface area contributed by atoms with Gasteiger partial charge >= 0.3 is 0 Å². The van der Waals surface area contributed by atoms with Crippen molar-refractivity contribution in [2.24, 2.45) is 0 Å². The first kappa shape index (κ1) is 16.9. The van der Waals surface area contributed by atoms with E-state index in [9.17, 15) is 4.79 Å². The second kappa shape index (κ2) is 7.27. The molecule has 1 aromatic heterocycles. The summed E-state index contributed by atoms with van der Waals surface area (Å²) in [7, 11) is 3.66. The molecule has 0 unspecified atom stereocenters. The fraction of sp³-hybridized carbons (Fsp3) is 0.111. The number of ketones is 1. The minimum absolute atomic E-state index is 0.244. The SMILES string of the molecule is CN(C)/C=C(\C(=O)c1ccccc1Cl)c1nnnn1-c1ccccc1. The van der Waals surface area contributed by atoms with Crippen LogP contribution in [-0.4, -0.2) is 45.0 Å². The molecular weight excluding hydrogens is 338 g/mol. The smallest absolute Gasteiger partial charge is 0.199 e. The standard InChI is InChI=1S/C18H16ClN5O/c1-23(2)12-15(17(25)14-10-6-7-11-16(14)19)18-20-21-22-24(18)13-8-4-3-5-9-13/h3-12H,1-2H3/b15-12+. The van der Waals surface area contributed by atoms with Gasteiger partial charge < -0.3 is 4.90 Å². The minimum atomic E-state index is -0.244. The number of nitrogens with zero attached hydrogens (tertiary/aromatic N) is 5. The number of Topliss-reactive ketones (excluding diaryl/α,β-unsaturated/α-hetero) is 1. The number of carbonyl (C=O) groups is 1. The zero-order valence-electron chi connectivity index (χ0n) is 13.8. The molecule has 25 heavy (non-hydrogen) atoms. The van der Waals surface area contributed by atoms with Gasteiger partial charge in [0, 0.05) is 25.9 Å². The zero-order chi connectivity index (χ0) is 17.8. The molecule has 0 radical (unpaired) electrons. The number of benzene rings is 2. The number of hydrogen-bond donors (Lipinski definition) is 0. The van der Waals surface area contributed by atoms with Crippen molar-refractivity contribution in [2.75, 3.05) is 14.1 Å². The van der Waals surface area contributed by atoms with E-state index >= 15 is 0 Å². The summed E-state index contributed by atoms with van der Waals surface area (Å²) in [6.45, 7) is 0. The van der Waals surface area contributed by atoms with Crippen molar-refractivity contribution in [1.82, 2.24) is 25.1 Å². The van der Waals surface area contributed by atoms with E-state index in [0.29, 0.717) is 22.0 Å². The van der Waals surface area contributed by atoms with Gasteiger partial charge in [0.05, 0.1) is 16.3 Å². The maximum Gasteiger partial charge on any atom is 0.199 e. The molecule has 0 saturated heterocycles. The average molecular weight is 354 g/mol. The minimum Gasteiger partial charge on any atom is -0.383 e. The number of hydrogen-bond acceptors (Lipinski definition) is 5. The van der Waals surface area contributed by atoms with Gasteiger partial charge in [-0.3, -0.25) is 4.79 Å². The molecule has 0 fully saturated rings. The van der Waals surface area contributed by atoms with Crippen molar-refractivity contribution in [3.05, 3.63) is 77.2 Å². The molecule has 0 spiro atoms. The highest BCUT2D eigenvalue weighted by Crippen LogP contribution is 2.24. The Morgan fingerprint density at radius 1 is 1.08 bits per heavy atom. The normalized spacial score (nSPS) is 11.4. The number of allylic oxidation sites excluding steroid dienone is 1. The summed E-state index contributed by atoms with van der Waals surface area (Å²) in [5.74, 6) is 0.108. The number of tetrazole rings is 1. The first-order chi connectivity index (χ1) is 12.1. The molecule has 0 bridgehead atoms. The summed E-state index contributed by atoms with van der Waals surface area (Å²) in [6.07, 6.45) is 1.69. The fourth-order valence-electron chi connectivity index (χ4n) is 2.36. The second-order valence-corrected chi connectivity index (χ2v) is 5.97. The zero-order valence-corrected chi connectivity index (χ0v) is 14.6. The van der Waals surface area contributed by atoms with Gasteiger partial charge in [0.15, 0.2) is 11.6 Å². The summed E-state index contributed by atoms with van der Waals surface area (Å²) in [6, 6.07) is 16.3. The van der Waals surface area contributed by atoms with Crippen LogP contribution in [0.25, 0.3) is 11.3 Å². The second-order valence-electron chi connectivity index (χ2n) is 5.57. The Balaban J connectivity index is 2.12. The van der Waals surface area contributed by atoms with Gasteiger partial charge in [-0.25, -0.2) is 0 Å². The van der Waals surface area contributed by atoms with Crippen LogP contribution in [-0.2, 0) is 0 Å². The molecule has 0 N–H and O–H groups in total. The van der Waals surface area contributed by atoms with Crippen LogP contribution in [0.1, 0.15) is 16.2 Å². The monoisotopic (exact) mass is 353 g/mol. The number of rotatable bonds is 5. The van der Waals surface area contributed by atoms with E-state index in [4.69, 9.17) is 11.6 Å². The van der Waals surface area contributed by atoms with Crippen LogP contribution >= 0.6 is 11.6 Å². The molecular formula is C18H16ClN5O. The molecule has 0 saturated carbocycles. The van der Waals surface area contributed by atoms with E-state index in [2.05, 4.69) is 15.5 Å². The summed E-state index contributed by atoms with van der Waals surface area (Å²) in [5, 5.41) is 12.2. The lowest BCUT2D eigenvalue weighted by atomic mass is 10.0. The van der Waals surface area contributed by atoms with Crippen LogP contribution < -0.4 is 0 Å². The molecule has 0 aliphatic heterocycles. The number of aromatic nitrogens is 4. The number of para-hydroxylation sites is 1. The molecule has 3 rings (SSSR count). The van der Waals surface area contributed by atoms with E-state index in [1.54, 1.807) is 35.4 Å². The largest absolute Gasteiger partial charge is 0.383 e. The van der Waals surface area contributed by atoms with E-state index < -0.39 is 0 Å². The van der Waals surface area contributed by atoms with Gasteiger partial charge in [-0.1, -0.05) is 41.9 Å². The Kier molecular flexibility index (Phi) is 4.90. The number of halogens is 1. The maximum absolute atomic E-state index is 13.1. The summed E-state index contributed by atoms with van der Waals surface area (Å²) in [4.78, 5) is 14.9. The van der Waals surface area contributed by atoms with Crippen molar-refractivity contribution in [3.63, 3.8) is 0 Å². The van der Waals surface area contributed by atoms with Crippen molar-refractivity contribution in [2.45, 2.75) is 0 Å². The maximum atomic E-state index is 13.1. The van der Waals surface area contributed by atoms with E-state index in [0.717, 1.165) is 5.69 Å². The van der Waals surface area contributed by atoms with Crippen LogP contribution in [0.4, 0.5) is 0 Å². The third-order valence-electron chi connectivity index (χ3n) is 3.46. The van der Waals surface area contributed by atoms with Crippen molar-refractivity contribution >= 4 is 23.0 Å². The van der Waals surface area contributed by atoms with Gasteiger partial charge in [-0.05, 0) is 34.7 Å². The Bertz CT molecular complexity index is 918. The van der Waals surface area contributed by atoms with E-state index in [1.807, 2.05) is 44.4 Å². The Hall–Kier alpha value is -2.99. The molecule has 126 valence electrons. The van der Waals surface area contributed by atoms with Crippen LogP contribution in [0.2, 0.25) is 5.02 Å². The molecule has 7 heteroatoms. The third kappa shape index (κ3) is 3.59. The van der Waals surface area contributed by atoms with Crippen molar-refractivity contribution < 1.29 is 4.79 Å². The van der Waals surface area contributed by atoms with Crippen LogP contribution in [0.5, 0.6) is 0 Å². The van der Waals surface area contributed by atoms with Crippen LogP contribution in [0.3, 0.4) is 0 Å². The van der Waals surface area contributed by atoms with Gasteiger partial charge in [0.1, 0.15) is 0 Å². The third-order valence-corrected chi connectivity index (χ3v) is 3.79. The fourth-order valence-corrected chi connectivity index (χ4v) is 2.59. The molecule has 6 nitrogen and oxygen atoms in total. The molecule has 2 aromatic carbocycles. The first-order valence-electron chi connectivity index (χ1n) is 7.59. The topological polar surface area (TPSA) is 63.9 Å². The highest BCUT2D eigenvalue weighted by atomic mass is 35.5. The Morgan fingerprint density at radius 2 is 1.76 bits per heavy atom. The molecule has 0 aliphatic rings. The Morgan fingerprint density at radius 3 is 2.44 bits per heavy atom. The number of carbonyl (C=O) groups excluding carboxylic acids is 1. The highest BCUT2D eigenvalue weighted by molar-refractivity contribution is 6.38. The molecule has 1 heterocycles. The lowest BCUT2D eigenvalue weighted by Crippen LogP contribution is -2.14. The predicted molar refractivity (Wildman–Crippen MR) is 96.6 cm³/mol. The summed E-state index contributed by atoms with van der Waals surface area (Å²) >= 11 is 6.20. The first-order valence-corrected chi connectivity index (χ1v) is 7.97. The molecule has 0 amide bonds. The van der Waals surface area contributed by atoms with Gasteiger partial charge in [0.25, 0.3) is 0 Å². The van der Waals surface area contributed by atoms with Gasteiger partial charge in [0.2, 0.25) is 0 Å². The van der Waals surface area contributed by atoms with Gasteiger partial charge in [-0.2, -0.15) is 4.68 Å². The Labute approximate surface area is 150 Å². The highest BCUT2D eigenvalue weighted by Gasteiger charge is 2.23. The molecule has 0 aliphatic carbocycles. The average Bonchev–Trinajstić information content (AvgIpc) is 3.09. The van der Waals surface area contributed by atoms with Crippen molar-refractivity contribution in [3.8, 4) is 5.69 Å². The summed E-state index contributed by atoms with van der Waals surface area (Å²) < 4.78 is 1.53. The van der Waals surface area contributed by atoms with E-state index in [-0.39, 0.29) is 5.78 Å². The predicted octanol–water partition coefficient (Wildman–Crippen LogP) is 3.10. The van der Waals surface area contributed by atoms with Crippen molar-refractivity contribution in [1.29, 1.82) is 0 Å². The molecule has 3 aromatic rings. The van der Waals surface area contributed by atoms with Gasteiger partial charge in [-0.15, -0.1) is 5.10 Å². The van der Waals surface area contributed by atoms with Crippen LogP contribution in [0.15, 0.2) is 60.8 Å². The van der Waals surface area contributed by atoms with Crippen LogP contribution in [0, 0.1) is 0 Å². The quantitative estimate of drug-likeness (QED) is 0.521.